The highest BCUT2D eigenvalue weighted by Gasteiger charge is 2.29. The quantitative estimate of drug-likeness (QED) is 0.844. The molecule has 1 aliphatic carbocycles. The molecule has 1 N–H and O–H groups in total. The maximum absolute atomic E-state index is 5.98. The summed E-state index contributed by atoms with van der Waals surface area (Å²) in [7, 11) is 0. The van der Waals surface area contributed by atoms with E-state index in [0.717, 1.165) is 31.6 Å². The van der Waals surface area contributed by atoms with Crippen molar-refractivity contribution >= 4 is 0 Å². The van der Waals surface area contributed by atoms with Gasteiger partial charge in [0, 0.05) is 6.04 Å². The number of hydrogen-bond donors (Lipinski definition) is 1. The van der Waals surface area contributed by atoms with Crippen LogP contribution in [-0.2, 0) is 6.42 Å². The standard InChI is InChI=1S/C15H23NO/c1-4-12-8-14(7-6-11(12)3)17-15-9-13(10-15)16-5-2/h6-8,13,15-16H,4-5,9-10H2,1-3H3. The fraction of sp³-hybridized carbons (Fsp3) is 0.600. The van der Waals surface area contributed by atoms with Gasteiger partial charge in [-0.3, -0.25) is 0 Å². The molecule has 1 aromatic rings. The zero-order valence-corrected chi connectivity index (χ0v) is 11.1. The Bertz CT molecular complexity index is 369. The Morgan fingerprint density at radius 3 is 2.71 bits per heavy atom. The van der Waals surface area contributed by atoms with Gasteiger partial charge in [0.15, 0.2) is 0 Å². The highest BCUT2D eigenvalue weighted by Crippen LogP contribution is 2.27. The molecular weight excluding hydrogens is 210 g/mol. The first-order valence-electron chi connectivity index (χ1n) is 6.72. The second-order valence-electron chi connectivity index (χ2n) is 4.91. The third-order valence-electron chi connectivity index (χ3n) is 3.59. The molecule has 0 aliphatic heterocycles. The van der Waals surface area contributed by atoms with Crippen LogP contribution in [0.2, 0.25) is 0 Å². The van der Waals surface area contributed by atoms with Gasteiger partial charge < -0.3 is 10.1 Å². The highest BCUT2D eigenvalue weighted by atomic mass is 16.5. The summed E-state index contributed by atoms with van der Waals surface area (Å²) in [5.41, 5.74) is 2.75. The van der Waals surface area contributed by atoms with E-state index in [1.807, 2.05) is 0 Å². The van der Waals surface area contributed by atoms with Crippen molar-refractivity contribution in [3.05, 3.63) is 29.3 Å². The summed E-state index contributed by atoms with van der Waals surface area (Å²) in [6.45, 7) is 7.56. The van der Waals surface area contributed by atoms with E-state index >= 15 is 0 Å². The lowest BCUT2D eigenvalue weighted by atomic mass is 9.89. The van der Waals surface area contributed by atoms with Crippen LogP contribution >= 0.6 is 0 Å². The van der Waals surface area contributed by atoms with Gasteiger partial charge in [-0.15, -0.1) is 0 Å². The van der Waals surface area contributed by atoms with E-state index in [9.17, 15) is 0 Å². The Hall–Kier alpha value is -1.02. The molecule has 0 unspecified atom stereocenters. The van der Waals surface area contributed by atoms with Crippen molar-refractivity contribution in [3.63, 3.8) is 0 Å². The van der Waals surface area contributed by atoms with Gasteiger partial charge in [-0.05, 0) is 56.0 Å². The molecule has 17 heavy (non-hydrogen) atoms. The number of aryl methyl sites for hydroxylation is 2. The maximum atomic E-state index is 5.98. The zero-order chi connectivity index (χ0) is 12.3. The molecule has 0 atom stereocenters. The summed E-state index contributed by atoms with van der Waals surface area (Å²) in [4.78, 5) is 0. The van der Waals surface area contributed by atoms with E-state index in [2.05, 4.69) is 44.3 Å². The average molecular weight is 233 g/mol. The third-order valence-corrected chi connectivity index (χ3v) is 3.59. The van der Waals surface area contributed by atoms with Crippen LogP contribution in [0.25, 0.3) is 0 Å². The van der Waals surface area contributed by atoms with Crippen molar-refractivity contribution in [2.75, 3.05) is 6.54 Å². The average Bonchev–Trinajstić information content (AvgIpc) is 2.28. The lowest BCUT2D eigenvalue weighted by molar-refractivity contribution is 0.0859. The monoisotopic (exact) mass is 233 g/mol. The van der Waals surface area contributed by atoms with Gasteiger partial charge >= 0.3 is 0 Å². The molecule has 0 heterocycles. The molecule has 1 saturated carbocycles. The number of rotatable bonds is 5. The fourth-order valence-corrected chi connectivity index (χ4v) is 2.41. The Morgan fingerprint density at radius 1 is 1.29 bits per heavy atom. The van der Waals surface area contributed by atoms with Crippen molar-refractivity contribution < 1.29 is 4.74 Å². The minimum absolute atomic E-state index is 0.409. The summed E-state index contributed by atoms with van der Waals surface area (Å²) in [5.74, 6) is 1.03. The Balaban J connectivity index is 1.88. The fourth-order valence-electron chi connectivity index (χ4n) is 2.41. The van der Waals surface area contributed by atoms with Gasteiger partial charge in [0.25, 0.3) is 0 Å². The van der Waals surface area contributed by atoms with Gasteiger partial charge in [-0.1, -0.05) is 19.9 Å². The molecule has 0 radical (unpaired) electrons. The minimum Gasteiger partial charge on any atom is -0.490 e. The van der Waals surface area contributed by atoms with Crippen LogP contribution in [0.3, 0.4) is 0 Å². The second kappa shape index (κ2) is 5.54. The summed E-state index contributed by atoms with van der Waals surface area (Å²) in [6, 6.07) is 7.11. The first kappa shape index (κ1) is 12.4. The van der Waals surface area contributed by atoms with Gasteiger partial charge in [0.1, 0.15) is 11.9 Å². The third kappa shape index (κ3) is 3.01. The predicted octanol–water partition coefficient (Wildman–Crippen LogP) is 3.08. The molecule has 2 nitrogen and oxygen atoms in total. The number of nitrogens with one attached hydrogen (secondary N) is 1. The first-order valence-corrected chi connectivity index (χ1v) is 6.72. The van der Waals surface area contributed by atoms with Gasteiger partial charge in [-0.2, -0.15) is 0 Å². The van der Waals surface area contributed by atoms with E-state index in [0.29, 0.717) is 12.1 Å². The van der Waals surface area contributed by atoms with Crippen LogP contribution in [0.4, 0.5) is 0 Å². The molecule has 0 bridgehead atoms. The van der Waals surface area contributed by atoms with E-state index in [1.54, 1.807) is 0 Å². The summed E-state index contributed by atoms with van der Waals surface area (Å²) in [5, 5.41) is 3.45. The van der Waals surface area contributed by atoms with Crippen LogP contribution < -0.4 is 10.1 Å². The number of ether oxygens (including phenoxy) is 1. The van der Waals surface area contributed by atoms with Crippen molar-refractivity contribution in [2.24, 2.45) is 0 Å². The smallest absolute Gasteiger partial charge is 0.120 e. The van der Waals surface area contributed by atoms with E-state index in [-0.39, 0.29) is 0 Å². The SMILES string of the molecule is CCNC1CC(Oc2ccc(C)c(CC)c2)C1. The van der Waals surface area contributed by atoms with Gasteiger partial charge in [0.2, 0.25) is 0 Å². The first-order chi connectivity index (χ1) is 8.22. The highest BCUT2D eigenvalue weighted by molar-refractivity contribution is 5.35. The lowest BCUT2D eigenvalue weighted by Crippen LogP contribution is -2.46. The van der Waals surface area contributed by atoms with Crippen molar-refractivity contribution in [2.45, 2.75) is 52.2 Å². The Kier molecular flexibility index (Phi) is 4.06. The Labute approximate surface area is 104 Å². The molecule has 0 saturated heterocycles. The maximum Gasteiger partial charge on any atom is 0.120 e. The van der Waals surface area contributed by atoms with Crippen LogP contribution in [0.5, 0.6) is 5.75 Å². The molecule has 0 amide bonds. The van der Waals surface area contributed by atoms with Crippen LogP contribution in [0.15, 0.2) is 18.2 Å². The molecule has 1 fully saturated rings. The number of hydrogen-bond acceptors (Lipinski definition) is 2. The van der Waals surface area contributed by atoms with Crippen molar-refractivity contribution in [1.82, 2.24) is 5.32 Å². The minimum atomic E-state index is 0.409. The topological polar surface area (TPSA) is 21.3 Å². The van der Waals surface area contributed by atoms with Crippen LogP contribution in [-0.4, -0.2) is 18.7 Å². The van der Waals surface area contributed by atoms with E-state index in [4.69, 9.17) is 4.74 Å². The van der Waals surface area contributed by atoms with Crippen LogP contribution in [0, 0.1) is 6.92 Å². The van der Waals surface area contributed by atoms with E-state index in [1.165, 1.54) is 11.1 Å². The van der Waals surface area contributed by atoms with Crippen LogP contribution in [0.1, 0.15) is 37.8 Å². The summed E-state index contributed by atoms with van der Waals surface area (Å²) >= 11 is 0. The largest absolute Gasteiger partial charge is 0.490 e. The number of benzene rings is 1. The lowest BCUT2D eigenvalue weighted by Gasteiger charge is -2.35. The molecule has 1 aliphatic rings. The summed E-state index contributed by atoms with van der Waals surface area (Å²) < 4.78 is 5.98. The van der Waals surface area contributed by atoms with E-state index < -0.39 is 0 Å². The molecule has 2 rings (SSSR count). The molecule has 0 aromatic heterocycles. The molecule has 94 valence electrons. The normalized spacial score (nSPS) is 23.2. The predicted molar refractivity (Wildman–Crippen MR) is 71.7 cm³/mol. The Morgan fingerprint density at radius 2 is 2.06 bits per heavy atom. The molecular formula is C15H23NO. The second-order valence-corrected chi connectivity index (χ2v) is 4.91. The molecule has 2 heteroatoms. The van der Waals surface area contributed by atoms with Crippen molar-refractivity contribution in [3.8, 4) is 5.75 Å². The molecule has 0 spiro atoms. The van der Waals surface area contributed by atoms with Gasteiger partial charge in [0.05, 0.1) is 0 Å². The van der Waals surface area contributed by atoms with Gasteiger partial charge in [-0.25, -0.2) is 0 Å². The molecule has 1 aromatic carbocycles. The zero-order valence-electron chi connectivity index (χ0n) is 11.1. The van der Waals surface area contributed by atoms with Crippen molar-refractivity contribution in [1.29, 1.82) is 0 Å². The summed E-state index contributed by atoms with van der Waals surface area (Å²) in [6.07, 6.45) is 3.77.